The molecule has 1 atom stereocenters. The highest BCUT2D eigenvalue weighted by atomic mass is 16.5. The summed E-state index contributed by atoms with van der Waals surface area (Å²) in [6, 6.07) is 3.32. The van der Waals surface area contributed by atoms with Crippen LogP contribution in [0, 0.1) is 6.92 Å². The summed E-state index contributed by atoms with van der Waals surface area (Å²) in [5, 5.41) is 30.0. The van der Waals surface area contributed by atoms with Gasteiger partial charge >= 0.3 is 0 Å². The van der Waals surface area contributed by atoms with Crippen molar-refractivity contribution >= 4 is 11.6 Å². The summed E-state index contributed by atoms with van der Waals surface area (Å²) in [5.41, 5.74) is 0.884. The summed E-state index contributed by atoms with van der Waals surface area (Å²) < 4.78 is 5.43. The molecule has 1 rings (SSSR count). The second-order valence-electron chi connectivity index (χ2n) is 9.82. The molecule has 0 heterocycles. The van der Waals surface area contributed by atoms with E-state index in [0.29, 0.717) is 19.3 Å². The van der Waals surface area contributed by atoms with Crippen LogP contribution < -0.4 is 4.74 Å². The van der Waals surface area contributed by atoms with Crippen LogP contribution in [0.25, 0.3) is 0 Å². The Labute approximate surface area is 203 Å². The van der Waals surface area contributed by atoms with E-state index in [0.717, 1.165) is 28.0 Å². The van der Waals surface area contributed by atoms with Gasteiger partial charge in [0.05, 0.1) is 12.7 Å². The third-order valence-corrected chi connectivity index (χ3v) is 5.48. The predicted octanol–water partition coefficient (Wildman–Crippen LogP) is 4.92. The average molecular weight is 473 g/mol. The Kier molecular flexibility index (Phi) is 10.9. The van der Waals surface area contributed by atoms with Crippen molar-refractivity contribution in [3.8, 4) is 11.5 Å². The van der Waals surface area contributed by atoms with Crippen LogP contribution in [-0.2, 0) is 16.0 Å². The monoisotopic (exact) mass is 472 g/mol. The van der Waals surface area contributed by atoms with E-state index < -0.39 is 17.0 Å². The van der Waals surface area contributed by atoms with E-state index in [9.17, 15) is 24.9 Å². The van der Waals surface area contributed by atoms with E-state index >= 15 is 0 Å². The van der Waals surface area contributed by atoms with Crippen LogP contribution in [0.2, 0.25) is 0 Å². The summed E-state index contributed by atoms with van der Waals surface area (Å²) in [7, 11) is 1.60. The largest absolute Gasteiger partial charge is 0.508 e. The highest BCUT2D eigenvalue weighted by molar-refractivity contribution is 5.96. The zero-order chi connectivity index (χ0) is 26.1. The third kappa shape index (κ3) is 10.5. The number of hydrogen-bond donors (Lipinski definition) is 3. The van der Waals surface area contributed by atoms with Gasteiger partial charge in [0.2, 0.25) is 0 Å². The van der Waals surface area contributed by atoms with Crippen LogP contribution in [0.5, 0.6) is 11.5 Å². The SMILES string of the molecule is COc1c(C)cc(O)cc1CC=C(C)CC(=O)C=C(C)CCC[C@@](C)(O)C(=O)C=CC(C)(C)O. The van der Waals surface area contributed by atoms with E-state index in [1.54, 1.807) is 39.2 Å². The van der Waals surface area contributed by atoms with E-state index in [-0.39, 0.29) is 24.4 Å². The molecule has 0 aliphatic rings. The van der Waals surface area contributed by atoms with E-state index in [4.69, 9.17) is 4.74 Å². The molecule has 3 N–H and O–H groups in total. The minimum atomic E-state index is -1.52. The fourth-order valence-corrected chi connectivity index (χ4v) is 3.59. The first-order valence-electron chi connectivity index (χ1n) is 11.5. The predicted molar refractivity (Wildman–Crippen MR) is 135 cm³/mol. The molecule has 188 valence electrons. The number of methoxy groups -OCH3 is 1. The lowest BCUT2D eigenvalue weighted by Crippen LogP contribution is -2.34. The molecule has 0 spiro atoms. The van der Waals surface area contributed by atoms with Crippen LogP contribution in [0.3, 0.4) is 0 Å². The number of phenolic OH excluding ortho intramolecular Hbond substituents is 1. The first-order chi connectivity index (χ1) is 15.6. The van der Waals surface area contributed by atoms with Crippen LogP contribution in [0.15, 0.2) is 47.6 Å². The fourth-order valence-electron chi connectivity index (χ4n) is 3.59. The number of carbonyl (C=O) groups is 2. The summed E-state index contributed by atoms with van der Waals surface area (Å²) >= 11 is 0. The average Bonchev–Trinajstić information content (AvgIpc) is 2.69. The Balaban J connectivity index is 2.62. The Hall–Kier alpha value is -2.70. The lowest BCUT2D eigenvalue weighted by Gasteiger charge is -2.20. The van der Waals surface area contributed by atoms with Crippen molar-refractivity contribution < 1.29 is 29.6 Å². The summed E-state index contributed by atoms with van der Waals surface area (Å²) in [5.74, 6) is 0.449. The van der Waals surface area contributed by atoms with Crippen LogP contribution >= 0.6 is 0 Å². The van der Waals surface area contributed by atoms with Crippen molar-refractivity contribution in [2.45, 2.75) is 84.8 Å². The van der Waals surface area contributed by atoms with Crippen LogP contribution in [0.1, 0.15) is 71.4 Å². The molecule has 0 saturated carbocycles. The molecule has 0 radical (unpaired) electrons. The second-order valence-corrected chi connectivity index (χ2v) is 9.82. The Morgan fingerprint density at radius 1 is 1.09 bits per heavy atom. The van der Waals surface area contributed by atoms with Gasteiger partial charge in [-0.05, 0) is 97.1 Å². The molecule has 0 aliphatic heterocycles. The van der Waals surface area contributed by atoms with E-state index in [1.807, 2.05) is 26.8 Å². The van der Waals surface area contributed by atoms with Crippen molar-refractivity contribution in [1.82, 2.24) is 0 Å². The number of allylic oxidation sites excluding steroid dienone is 4. The normalized spacial score (nSPS) is 14.9. The quantitative estimate of drug-likeness (QED) is 0.278. The standard InChI is InChI=1S/C28H40O6/c1-19(9-8-13-28(6,33)25(31)12-14-27(4,5)32)15-23(29)16-20(2)10-11-22-18-24(30)17-21(3)26(22)34-7/h10,12,14-15,17-18,30,32-33H,8-9,11,13,16H2,1-7H3/t28-/m1/s1. The molecule has 0 aromatic heterocycles. The lowest BCUT2D eigenvalue weighted by atomic mass is 9.91. The molecule has 6 nitrogen and oxygen atoms in total. The molecule has 0 unspecified atom stereocenters. The van der Waals surface area contributed by atoms with E-state index in [1.165, 1.54) is 19.1 Å². The van der Waals surface area contributed by atoms with Gasteiger partial charge in [-0.25, -0.2) is 0 Å². The molecule has 1 aromatic rings. The van der Waals surface area contributed by atoms with Crippen molar-refractivity contribution in [2.24, 2.45) is 0 Å². The Morgan fingerprint density at radius 2 is 1.74 bits per heavy atom. The molecule has 0 saturated heterocycles. The maximum Gasteiger partial charge on any atom is 0.186 e. The third-order valence-electron chi connectivity index (χ3n) is 5.48. The highest BCUT2D eigenvalue weighted by Crippen LogP contribution is 2.29. The van der Waals surface area contributed by atoms with Gasteiger partial charge in [0, 0.05) is 12.0 Å². The van der Waals surface area contributed by atoms with Gasteiger partial charge < -0.3 is 20.1 Å². The summed E-state index contributed by atoms with van der Waals surface area (Å²) in [4.78, 5) is 24.6. The summed E-state index contributed by atoms with van der Waals surface area (Å²) in [6.45, 7) is 10.2. The molecule has 0 aliphatic carbocycles. The van der Waals surface area contributed by atoms with Crippen LogP contribution in [0.4, 0.5) is 0 Å². The fraction of sp³-hybridized carbons (Fsp3) is 0.500. The highest BCUT2D eigenvalue weighted by Gasteiger charge is 2.27. The topological polar surface area (TPSA) is 104 Å². The number of hydrogen-bond acceptors (Lipinski definition) is 6. The summed E-state index contributed by atoms with van der Waals surface area (Å²) in [6.07, 6.45) is 8.38. The number of aryl methyl sites for hydroxylation is 1. The smallest absolute Gasteiger partial charge is 0.186 e. The molecule has 0 fully saturated rings. The number of rotatable bonds is 13. The number of ketones is 2. The molecular weight excluding hydrogens is 432 g/mol. The first kappa shape index (κ1) is 29.3. The molecule has 6 heteroatoms. The van der Waals surface area contributed by atoms with Crippen LogP contribution in [-0.4, -0.2) is 45.2 Å². The van der Waals surface area contributed by atoms with Gasteiger partial charge in [0.1, 0.15) is 17.1 Å². The van der Waals surface area contributed by atoms with Gasteiger partial charge in [-0.15, -0.1) is 0 Å². The van der Waals surface area contributed by atoms with Crippen molar-refractivity contribution in [3.63, 3.8) is 0 Å². The maximum absolute atomic E-state index is 12.4. The maximum atomic E-state index is 12.4. The number of benzene rings is 1. The molecule has 34 heavy (non-hydrogen) atoms. The number of aliphatic hydroxyl groups is 2. The molecule has 0 bridgehead atoms. The minimum Gasteiger partial charge on any atom is -0.508 e. The Morgan fingerprint density at radius 3 is 2.32 bits per heavy atom. The number of ether oxygens (including phenoxy) is 1. The van der Waals surface area contributed by atoms with Gasteiger partial charge in [-0.1, -0.05) is 23.3 Å². The first-order valence-corrected chi connectivity index (χ1v) is 11.5. The van der Waals surface area contributed by atoms with Crippen molar-refractivity contribution in [2.75, 3.05) is 7.11 Å². The number of aromatic hydroxyl groups is 1. The van der Waals surface area contributed by atoms with Crippen molar-refractivity contribution in [1.29, 1.82) is 0 Å². The second kappa shape index (κ2) is 12.7. The molecule has 1 aromatic carbocycles. The van der Waals surface area contributed by atoms with Crippen molar-refractivity contribution in [3.05, 3.63) is 58.7 Å². The molecular formula is C28H40O6. The zero-order valence-electron chi connectivity index (χ0n) is 21.6. The van der Waals surface area contributed by atoms with Gasteiger partial charge in [-0.3, -0.25) is 9.59 Å². The minimum absolute atomic E-state index is 0.0127. The Bertz CT molecular complexity index is 958. The van der Waals surface area contributed by atoms with E-state index in [2.05, 4.69) is 0 Å². The molecule has 0 amide bonds. The van der Waals surface area contributed by atoms with Gasteiger partial charge in [-0.2, -0.15) is 0 Å². The lowest BCUT2D eigenvalue weighted by molar-refractivity contribution is -0.131. The number of phenols is 1. The van der Waals surface area contributed by atoms with Gasteiger partial charge in [0.15, 0.2) is 11.6 Å². The van der Waals surface area contributed by atoms with Gasteiger partial charge in [0.25, 0.3) is 0 Å². The number of carbonyl (C=O) groups excluding carboxylic acids is 2. The zero-order valence-corrected chi connectivity index (χ0v) is 21.6.